The van der Waals surface area contributed by atoms with Crippen LogP contribution in [-0.4, -0.2) is 10.9 Å². The molecule has 0 atom stereocenters. The van der Waals surface area contributed by atoms with Gasteiger partial charge in [-0.1, -0.05) is 60.2 Å². The van der Waals surface area contributed by atoms with E-state index >= 15 is 0 Å². The summed E-state index contributed by atoms with van der Waals surface area (Å²) in [5.41, 5.74) is 5.60. The van der Waals surface area contributed by atoms with Crippen molar-refractivity contribution in [2.24, 2.45) is 0 Å². The van der Waals surface area contributed by atoms with Crippen molar-refractivity contribution in [2.45, 2.75) is 13.5 Å². The lowest BCUT2D eigenvalue weighted by Gasteiger charge is -2.25. The molecule has 1 aromatic heterocycles. The van der Waals surface area contributed by atoms with Gasteiger partial charge >= 0.3 is 0 Å². The Balaban J connectivity index is 1.84. The highest BCUT2D eigenvalue weighted by atomic mass is 35.5. The number of anilines is 1. The second kappa shape index (κ2) is 6.77. The first-order chi connectivity index (χ1) is 12.6. The molecule has 1 amide bonds. The van der Waals surface area contributed by atoms with Gasteiger partial charge in [-0.2, -0.15) is 0 Å². The zero-order valence-corrected chi connectivity index (χ0v) is 15.1. The van der Waals surface area contributed by atoms with Crippen molar-refractivity contribution < 1.29 is 4.79 Å². The number of carbonyl (C=O) groups is 1. The van der Waals surface area contributed by atoms with Crippen molar-refractivity contribution in [3.63, 3.8) is 0 Å². The molecule has 0 bridgehead atoms. The Morgan fingerprint density at radius 1 is 1.00 bits per heavy atom. The zero-order valence-electron chi connectivity index (χ0n) is 14.3. The molecule has 0 spiro atoms. The number of pyridine rings is 1. The molecule has 4 rings (SSSR count). The smallest absolute Gasteiger partial charge is 0.224 e. The molecule has 2 aromatic carbocycles. The van der Waals surface area contributed by atoms with E-state index in [4.69, 9.17) is 16.6 Å². The molecule has 26 heavy (non-hydrogen) atoms. The maximum absolute atomic E-state index is 12.3. The molecular formula is C22H17ClN2O. The van der Waals surface area contributed by atoms with Crippen LogP contribution < -0.4 is 4.90 Å². The van der Waals surface area contributed by atoms with E-state index in [2.05, 4.69) is 6.07 Å². The maximum atomic E-state index is 12.3. The third-order valence-corrected chi connectivity index (χ3v) is 4.72. The molecule has 3 aromatic rings. The van der Waals surface area contributed by atoms with Crippen LogP contribution in [0.5, 0.6) is 0 Å². The Morgan fingerprint density at radius 3 is 2.54 bits per heavy atom. The van der Waals surface area contributed by atoms with E-state index in [1.807, 2.05) is 60.7 Å². The van der Waals surface area contributed by atoms with Crippen molar-refractivity contribution in [1.82, 2.24) is 4.98 Å². The number of rotatable bonds is 1. The molecule has 0 unspecified atom stereocenters. The average molecular weight is 361 g/mol. The van der Waals surface area contributed by atoms with Gasteiger partial charge in [-0.25, -0.2) is 0 Å². The molecule has 0 saturated carbocycles. The number of halogens is 1. The lowest BCUT2D eigenvalue weighted by molar-refractivity contribution is -0.116. The fraction of sp³-hybridized carbons (Fsp3) is 0.0909. The molecule has 0 aliphatic carbocycles. The van der Waals surface area contributed by atoms with Gasteiger partial charge in [-0.05, 0) is 35.4 Å². The molecule has 0 N–H and O–H groups in total. The van der Waals surface area contributed by atoms with Gasteiger partial charge in [0, 0.05) is 17.5 Å². The quantitative estimate of drug-likeness (QED) is 0.579. The Morgan fingerprint density at radius 2 is 1.77 bits per heavy atom. The van der Waals surface area contributed by atoms with Gasteiger partial charge in [0.25, 0.3) is 0 Å². The highest BCUT2D eigenvalue weighted by molar-refractivity contribution is 6.30. The van der Waals surface area contributed by atoms with Crippen LogP contribution in [0.15, 0.2) is 60.7 Å². The number of carbonyl (C=O) groups excluding carboxylic acids is 1. The molecule has 0 saturated heterocycles. The topological polar surface area (TPSA) is 33.2 Å². The summed E-state index contributed by atoms with van der Waals surface area (Å²) in [7, 11) is 0. The predicted octanol–water partition coefficient (Wildman–Crippen LogP) is 5.44. The van der Waals surface area contributed by atoms with Crippen molar-refractivity contribution in [3.8, 4) is 11.3 Å². The third kappa shape index (κ3) is 3.14. The number of nitrogens with zero attached hydrogens (tertiary/aromatic N) is 2. The van der Waals surface area contributed by atoms with Crippen molar-refractivity contribution in [3.05, 3.63) is 82.5 Å². The molecule has 1 aliphatic rings. The summed E-state index contributed by atoms with van der Waals surface area (Å²) in [6.07, 6.45) is 4.02. The standard InChI is InChI=1S/C22H17ClN2O/c1-15(26)25-14-21-17(7-8-18-13-19(23)10-12-22(18)25)9-11-20(24-21)16-5-3-2-4-6-16/h2-13H,14H2,1H3/b8-7-. The predicted molar refractivity (Wildman–Crippen MR) is 107 cm³/mol. The van der Waals surface area contributed by atoms with Gasteiger partial charge in [0.05, 0.1) is 23.6 Å². The summed E-state index contributed by atoms with van der Waals surface area (Å²) < 4.78 is 0. The zero-order chi connectivity index (χ0) is 18.1. The van der Waals surface area contributed by atoms with E-state index in [0.29, 0.717) is 11.6 Å². The molecule has 128 valence electrons. The van der Waals surface area contributed by atoms with Gasteiger partial charge in [0.15, 0.2) is 0 Å². The lowest BCUT2D eigenvalue weighted by Crippen LogP contribution is -2.29. The van der Waals surface area contributed by atoms with Gasteiger partial charge in [0.2, 0.25) is 5.91 Å². The number of aromatic nitrogens is 1. The molecule has 1 aliphatic heterocycles. The van der Waals surface area contributed by atoms with E-state index < -0.39 is 0 Å². The first-order valence-corrected chi connectivity index (χ1v) is 8.81. The van der Waals surface area contributed by atoms with Crippen LogP contribution in [0.2, 0.25) is 5.02 Å². The van der Waals surface area contributed by atoms with E-state index in [9.17, 15) is 4.79 Å². The fourth-order valence-corrected chi connectivity index (χ4v) is 3.34. The summed E-state index contributed by atoms with van der Waals surface area (Å²) >= 11 is 6.14. The Hall–Kier alpha value is -2.91. The first-order valence-electron chi connectivity index (χ1n) is 8.43. The van der Waals surface area contributed by atoms with Crippen molar-refractivity contribution >= 4 is 35.3 Å². The van der Waals surface area contributed by atoms with Gasteiger partial charge in [-0.15, -0.1) is 0 Å². The second-order valence-corrected chi connectivity index (χ2v) is 6.68. The number of hydrogen-bond donors (Lipinski definition) is 0. The molecular weight excluding hydrogens is 344 g/mol. The largest absolute Gasteiger partial charge is 0.306 e. The second-order valence-electron chi connectivity index (χ2n) is 6.24. The Bertz CT molecular complexity index is 1010. The summed E-state index contributed by atoms with van der Waals surface area (Å²) in [6.45, 7) is 1.99. The Kier molecular flexibility index (Phi) is 4.31. The van der Waals surface area contributed by atoms with E-state index in [0.717, 1.165) is 33.8 Å². The van der Waals surface area contributed by atoms with Crippen molar-refractivity contribution in [1.29, 1.82) is 0 Å². The van der Waals surface area contributed by atoms with Crippen LogP contribution in [0, 0.1) is 0 Å². The third-order valence-electron chi connectivity index (χ3n) is 4.49. The number of amides is 1. The van der Waals surface area contributed by atoms with Crippen LogP contribution in [-0.2, 0) is 11.3 Å². The number of hydrogen-bond acceptors (Lipinski definition) is 2. The van der Waals surface area contributed by atoms with Crippen LogP contribution in [0.3, 0.4) is 0 Å². The molecule has 0 fully saturated rings. The fourth-order valence-electron chi connectivity index (χ4n) is 3.16. The summed E-state index contributed by atoms with van der Waals surface area (Å²) in [5.74, 6) is -0.0262. The van der Waals surface area contributed by atoms with Crippen LogP contribution in [0.1, 0.15) is 23.7 Å². The highest BCUT2D eigenvalue weighted by Crippen LogP contribution is 2.31. The van der Waals surface area contributed by atoms with E-state index in [1.54, 1.807) is 17.9 Å². The normalized spacial score (nSPS) is 14.0. The highest BCUT2D eigenvalue weighted by Gasteiger charge is 2.20. The molecule has 0 radical (unpaired) electrons. The van der Waals surface area contributed by atoms with Crippen LogP contribution in [0.4, 0.5) is 5.69 Å². The summed E-state index contributed by atoms with van der Waals surface area (Å²) in [4.78, 5) is 18.9. The summed E-state index contributed by atoms with van der Waals surface area (Å²) in [6, 6.07) is 19.7. The van der Waals surface area contributed by atoms with E-state index in [-0.39, 0.29) is 5.91 Å². The van der Waals surface area contributed by atoms with Crippen LogP contribution in [0.25, 0.3) is 23.4 Å². The SMILES string of the molecule is CC(=O)N1Cc2nc(-c3ccccc3)ccc2/C=C\c2cc(Cl)ccc21. The van der Waals surface area contributed by atoms with E-state index in [1.165, 1.54) is 0 Å². The first kappa shape index (κ1) is 16.6. The minimum atomic E-state index is -0.0262. The minimum absolute atomic E-state index is 0.0262. The number of fused-ring (bicyclic) bond motifs is 2. The van der Waals surface area contributed by atoms with Crippen molar-refractivity contribution in [2.75, 3.05) is 4.90 Å². The van der Waals surface area contributed by atoms with Gasteiger partial charge in [-0.3, -0.25) is 9.78 Å². The number of benzene rings is 2. The molecule has 3 nitrogen and oxygen atoms in total. The summed E-state index contributed by atoms with van der Waals surface area (Å²) in [5, 5.41) is 0.648. The minimum Gasteiger partial charge on any atom is -0.306 e. The monoisotopic (exact) mass is 360 g/mol. The average Bonchev–Trinajstić information content (AvgIpc) is 2.64. The molecule has 2 heterocycles. The van der Waals surface area contributed by atoms with Crippen LogP contribution >= 0.6 is 11.6 Å². The van der Waals surface area contributed by atoms with Gasteiger partial charge < -0.3 is 4.90 Å². The molecule has 4 heteroatoms. The Labute approximate surface area is 157 Å². The lowest BCUT2D eigenvalue weighted by atomic mass is 10.0. The van der Waals surface area contributed by atoms with Gasteiger partial charge in [0.1, 0.15) is 0 Å². The maximum Gasteiger partial charge on any atom is 0.224 e.